The topological polar surface area (TPSA) is 57.7 Å². The number of nitrogens with zero attached hydrogens (tertiary/aromatic N) is 1. The van der Waals surface area contributed by atoms with Crippen molar-refractivity contribution >= 4 is 17.3 Å². The van der Waals surface area contributed by atoms with Crippen LogP contribution in [0.3, 0.4) is 0 Å². The summed E-state index contributed by atoms with van der Waals surface area (Å²) >= 11 is 1.41. The Morgan fingerprint density at radius 3 is 2.77 bits per heavy atom. The summed E-state index contributed by atoms with van der Waals surface area (Å²) < 4.78 is 29.4. The molecule has 2 heterocycles. The molecular formula is C19H14FNO4S. The number of rotatable bonds is 4. The van der Waals surface area contributed by atoms with Crippen molar-refractivity contribution in [3.63, 3.8) is 0 Å². The van der Waals surface area contributed by atoms with Crippen LogP contribution < -0.4 is 9.47 Å². The molecule has 1 aromatic heterocycles. The SMILES string of the molecule is O=C(OCc1csc(-c2ccc(F)cc2)n1)[C@H]1COc2ccccc2O1. The summed E-state index contributed by atoms with van der Waals surface area (Å²) in [4.78, 5) is 16.6. The van der Waals surface area contributed by atoms with Crippen LogP contribution in [0, 0.1) is 5.82 Å². The highest BCUT2D eigenvalue weighted by Gasteiger charge is 2.28. The lowest BCUT2D eigenvalue weighted by molar-refractivity contribution is -0.156. The second kappa shape index (κ2) is 7.13. The summed E-state index contributed by atoms with van der Waals surface area (Å²) in [6.45, 7) is 0.145. The van der Waals surface area contributed by atoms with Gasteiger partial charge in [-0.05, 0) is 36.4 Å². The molecule has 7 heteroatoms. The van der Waals surface area contributed by atoms with E-state index < -0.39 is 12.1 Å². The molecule has 0 radical (unpaired) electrons. The lowest BCUT2D eigenvalue weighted by atomic mass is 10.2. The lowest BCUT2D eigenvalue weighted by Gasteiger charge is -2.24. The zero-order valence-corrected chi connectivity index (χ0v) is 14.4. The number of esters is 1. The Kier molecular flexibility index (Phi) is 4.53. The summed E-state index contributed by atoms with van der Waals surface area (Å²) in [6, 6.07) is 13.3. The molecule has 0 amide bonds. The normalized spacial score (nSPS) is 15.5. The molecule has 0 spiro atoms. The maximum Gasteiger partial charge on any atom is 0.351 e. The third kappa shape index (κ3) is 3.52. The fraction of sp³-hybridized carbons (Fsp3) is 0.158. The molecule has 0 saturated carbocycles. The van der Waals surface area contributed by atoms with Crippen LogP contribution in [0.4, 0.5) is 4.39 Å². The number of carbonyl (C=O) groups is 1. The largest absolute Gasteiger partial charge is 0.485 e. The van der Waals surface area contributed by atoms with E-state index in [1.807, 2.05) is 12.1 Å². The van der Waals surface area contributed by atoms with Gasteiger partial charge in [0.2, 0.25) is 6.10 Å². The van der Waals surface area contributed by atoms with Gasteiger partial charge in [-0.15, -0.1) is 11.3 Å². The summed E-state index contributed by atoms with van der Waals surface area (Å²) in [6.07, 6.45) is -0.805. The molecule has 0 bridgehead atoms. The van der Waals surface area contributed by atoms with Crippen LogP contribution in [0.25, 0.3) is 10.6 Å². The van der Waals surface area contributed by atoms with Crippen LogP contribution >= 0.6 is 11.3 Å². The van der Waals surface area contributed by atoms with Crippen molar-refractivity contribution in [2.75, 3.05) is 6.61 Å². The molecule has 2 aromatic carbocycles. The van der Waals surface area contributed by atoms with Crippen molar-refractivity contribution < 1.29 is 23.4 Å². The van der Waals surface area contributed by atoms with Crippen LogP contribution in [0.5, 0.6) is 11.5 Å². The standard InChI is InChI=1S/C19H14FNO4S/c20-13-7-5-12(6-8-13)18-21-14(11-26-18)9-24-19(22)17-10-23-15-3-1-2-4-16(15)25-17/h1-8,11,17H,9-10H2/t17-/m1/s1. The van der Waals surface area contributed by atoms with Crippen LogP contribution in [0.1, 0.15) is 5.69 Å². The highest BCUT2D eigenvalue weighted by atomic mass is 32.1. The van der Waals surface area contributed by atoms with E-state index in [4.69, 9.17) is 14.2 Å². The molecule has 0 fully saturated rings. The van der Waals surface area contributed by atoms with Gasteiger partial charge in [-0.2, -0.15) is 0 Å². The predicted molar refractivity (Wildman–Crippen MR) is 93.7 cm³/mol. The number of aromatic nitrogens is 1. The number of hydrogen-bond acceptors (Lipinski definition) is 6. The van der Waals surface area contributed by atoms with E-state index >= 15 is 0 Å². The van der Waals surface area contributed by atoms with Gasteiger partial charge >= 0.3 is 5.97 Å². The van der Waals surface area contributed by atoms with Crippen molar-refractivity contribution in [3.8, 4) is 22.1 Å². The highest BCUT2D eigenvalue weighted by Crippen LogP contribution is 2.31. The molecule has 0 saturated heterocycles. The molecule has 0 N–H and O–H groups in total. The van der Waals surface area contributed by atoms with E-state index in [-0.39, 0.29) is 19.0 Å². The maximum atomic E-state index is 13.0. The van der Waals surface area contributed by atoms with Crippen LogP contribution in [0.15, 0.2) is 53.9 Å². The average Bonchev–Trinajstić information content (AvgIpc) is 3.15. The Morgan fingerprint density at radius 2 is 1.96 bits per heavy atom. The van der Waals surface area contributed by atoms with Crippen LogP contribution in [-0.2, 0) is 16.1 Å². The fourth-order valence-corrected chi connectivity index (χ4v) is 3.28. The van der Waals surface area contributed by atoms with Gasteiger partial charge < -0.3 is 14.2 Å². The second-order valence-electron chi connectivity index (χ2n) is 5.62. The van der Waals surface area contributed by atoms with Gasteiger partial charge in [0.15, 0.2) is 11.5 Å². The van der Waals surface area contributed by atoms with Gasteiger partial charge in [0.1, 0.15) is 24.0 Å². The summed E-state index contributed by atoms with van der Waals surface area (Å²) in [5.74, 6) is 0.333. The van der Waals surface area contributed by atoms with E-state index in [1.165, 1.54) is 23.5 Å². The monoisotopic (exact) mass is 371 g/mol. The Balaban J connectivity index is 1.36. The first-order chi connectivity index (χ1) is 12.7. The predicted octanol–water partition coefficient (Wildman–Crippen LogP) is 3.83. The number of benzene rings is 2. The summed E-state index contributed by atoms with van der Waals surface area (Å²) in [5, 5.41) is 2.54. The average molecular weight is 371 g/mol. The number of hydrogen-bond donors (Lipinski definition) is 0. The fourth-order valence-electron chi connectivity index (χ4n) is 2.47. The van der Waals surface area contributed by atoms with Crippen molar-refractivity contribution in [2.24, 2.45) is 0 Å². The Labute approximate surface area is 153 Å². The first-order valence-electron chi connectivity index (χ1n) is 7.94. The van der Waals surface area contributed by atoms with Gasteiger partial charge in [0, 0.05) is 10.9 Å². The molecule has 4 rings (SSSR count). The molecular weight excluding hydrogens is 357 g/mol. The number of carbonyl (C=O) groups excluding carboxylic acids is 1. The Morgan fingerprint density at radius 1 is 1.19 bits per heavy atom. The number of para-hydroxylation sites is 2. The van der Waals surface area contributed by atoms with Crippen molar-refractivity contribution in [1.29, 1.82) is 0 Å². The summed E-state index contributed by atoms with van der Waals surface area (Å²) in [5.41, 5.74) is 1.44. The van der Waals surface area contributed by atoms with E-state index in [0.717, 1.165) is 10.6 Å². The maximum absolute atomic E-state index is 13.0. The quantitative estimate of drug-likeness (QED) is 0.653. The third-order valence-electron chi connectivity index (χ3n) is 3.78. The van der Waals surface area contributed by atoms with Gasteiger partial charge in [0.25, 0.3) is 0 Å². The molecule has 26 heavy (non-hydrogen) atoms. The second-order valence-corrected chi connectivity index (χ2v) is 6.48. The van der Waals surface area contributed by atoms with Crippen LogP contribution in [0.2, 0.25) is 0 Å². The molecule has 0 aliphatic carbocycles. The van der Waals surface area contributed by atoms with Crippen LogP contribution in [-0.4, -0.2) is 23.7 Å². The highest BCUT2D eigenvalue weighted by molar-refractivity contribution is 7.13. The first kappa shape index (κ1) is 16.5. The minimum Gasteiger partial charge on any atom is -0.485 e. The van der Waals surface area contributed by atoms with E-state index in [0.29, 0.717) is 17.2 Å². The zero-order chi connectivity index (χ0) is 17.9. The Bertz CT molecular complexity index is 925. The van der Waals surface area contributed by atoms with E-state index in [1.54, 1.807) is 29.6 Å². The third-order valence-corrected chi connectivity index (χ3v) is 4.72. The molecule has 132 valence electrons. The molecule has 5 nitrogen and oxygen atoms in total. The molecule has 0 unspecified atom stereocenters. The molecule has 1 atom stereocenters. The van der Waals surface area contributed by atoms with Gasteiger partial charge in [0.05, 0.1) is 5.69 Å². The van der Waals surface area contributed by atoms with Gasteiger partial charge in [-0.25, -0.2) is 14.2 Å². The minimum atomic E-state index is -0.805. The van der Waals surface area contributed by atoms with E-state index in [9.17, 15) is 9.18 Å². The number of thiazole rings is 1. The lowest BCUT2D eigenvalue weighted by Crippen LogP contribution is -2.37. The zero-order valence-electron chi connectivity index (χ0n) is 13.6. The minimum absolute atomic E-state index is 0.0397. The van der Waals surface area contributed by atoms with Crippen molar-refractivity contribution in [3.05, 3.63) is 65.4 Å². The van der Waals surface area contributed by atoms with Gasteiger partial charge in [-0.1, -0.05) is 12.1 Å². The van der Waals surface area contributed by atoms with Crippen molar-refractivity contribution in [2.45, 2.75) is 12.7 Å². The van der Waals surface area contributed by atoms with Gasteiger partial charge in [-0.3, -0.25) is 0 Å². The first-order valence-corrected chi connectivity index (χ1v) is 8.82. The Hall–Kier alpha value is -2.93. The smallest absolute Gasteiger partial charge is 0.351 e. The molecule has 1 aliphatic rings. The number of ether oxygens (including phenoxy) is 3. The van der Waals surface area contributed by atoms with E-state index in [2.05, 4.69) is 4.98 Å². The molecule has 3 aromatic rings. The number of fused-ring (bicyclic) bond motifs is 1. The summed E-state index contributed by atoms with van der Waals surface area (Å²) in [7, 11) is 0. The van der Waals surface area contributed by atoms with Crippen molar-refractivity contribution in [1.82, 2.24) is 4.98 Å². The molecule has 1 aliphatic heterocycles. The number of halogens is 1.